The summed E-state index contributed by atoms with van der Waals surface area (Å²) >= 11 is 0. The number of aryl methyl sites for hydroxylation is 1. The van der Waals surface area contributed by atoms with Crippen molar-refractivity contribution < 1.29 is 9.21 Å². The molecule has 3 nitrogen and oxygen atoms in total. The van der Waals surface area contributed by atoms with Crippen molar-refractivity contribution in [1.82, 2.24) is 0 Å². The molecule has 2 aromatic rings. The number of primary amides is 1. The Morgan fingerprint density at radius 2 is 1.93 bits per heavy atom. The van der Waals surface area contributed by atoms with Crippen LogP contribution in [0.5, 0.6) is 0 Å². The number of amides is 1. The van der Waals surface area contributed by atoms with E-state index in [-0.39, 0.29) is 5.76 Å². The van der Waals surface area contributed by atoms with E-state index in [1.54, 1.807) is 6.07 Å². The van der Waals surface area contributed by atoms with Crippen LogP contribution in [0.25, 0.3) is 11.0 Å². The summed E-state index contributed by atoms with van der Waals surface area (Å²) in [6.45, 7) is 5.98. The molecule has 0 aliphatic heterocycles. The van der Waals surface area contributed by atoms with Crippen molar-refractivity contribution in [2.24, 2.45) is 5.73 Å². The lowest BCUT2D eigenvalue weighted by atomic mass is 10.2. The lowest BCUT2D eigenvalue weighted by molar-refractivity contribution is 0.0976. The second kappa shape index (κ2) is 4.64. The van der Waals surface area contributed by atoms with Gasteiger partial charge in [0, 0.05) is 5.39 Å². The Kier molecular flexibility index (Phi) is 3.50. The van der Waals surface area contributed by atoms with Crippen molar-refractivity contribution in [2.75, 3.05) is 0 Å². The molecule has 80 valence electrons. The van der Waals surface area contributed by atoms with Crippen LogP contribution < -0.4 is 5.73 Å². The third kappa shape index (κ3) is 2.37. The SMILES string of the molecule is CC.Cc1ccc2oc(C(N)=O)cc2c1. The zero-order chi connectivity index (χ0) is 11.4. The first kappa shape index (κ1) is 11.3. The number of furan rings is 1. The largest absolute Gasteiger partial charge is 0.451 e. The fraction of sp³-hybridized carbons (Fsp3) is 0.250. The molecule has 3 heteroatoms. The summed E-state index contributed by atoms with van der Waals surface area (Å²) in [6.07, 6.45) is 0. The van der Waals surface area contributed by atoms with Gasteiger partial charge in [-0.05, 0) is 25.1 Å². The molecule has 0 spiro atoms. The number of benzene rings is 1. The predicted octanol–water partition coefficient (Wildman–Crippen LogP) is 2.87. The average Bonchev–Trinajstić information content (AvgIpc) is 2.63. The van der Waals surface area contributed by atoms with E-state index in [1.807, 2.05) is 39.0 Å². The van der Waals surface area contributed by atoms with E-state index in [9.17, 15) is 4.79 Å². The third-order valence-electron chi connectivity index (χ3n) is 1.91. The number of carbonyl (C=O) groups excluding carboxylic acids is 1. The Morgan fingerprint density at radius 3 is 2.53 bits per heavy atom. The summed E-state index contributed by atoms with van der Waals surface area (Å²) in [7, 11) is 0. The molecule has 0 fully saturated rings. The summed E-state index contributed by atoms with van der Waals surface area (Å²) in [5.41, 5.74) is 6.91. The molecule has 0 saturated carbocycles. The standard InChI is InChI=1S/C10H9NO2.C2H6/c1-6-2-3-8-7(4-6)5-9(13-8)10(11)12;1-2/h2-5H,1H3,(H2,11,12);1-2H3. The molecule has 1 aromatic heterocycles. The number of rotatable bonds is 1. The number of carbonyl (C=O) groups is 1. The molecule has 2 N–H and O–H groups in total. The van der Waals surface area contributed by atoms with E-state index in [4.69, 9.17) is 10.2 Å². The van der Waals surface area contributed by atoms with Gasteiger partial charge in [-0.1, -0.05) is 25.5 Å². The van der Waals surface area contributed by atoms with Crippen molar-refractivity contribution in [1.29, 1.82) is 0 Å². The number of hydrogen-bond acceptors (Lipinski definition) is 2. The number of hydrogen-bond donors (Lipinski definition) is 1. The highest BCUT2D eigenvalue weighted by Crippen LogP contribution is 2.19. The first-order chi connectivity index (χ1) is 7.16. The van der Waals surface area contributed by atoms with Gasteiger partial charge in [0.15, 0.2) is 5.76 Å². The van der Waals surface area contributed by atoms with E-state index in [0.717, 1.165) is 10.9 Å². The van der Waals surface area contributed by atoms with Gasteiger partial charge in [-0.25, -0.2) is 0 Å². The van der Waals surface area contributed by atoms with Crippen molar-refractivity contribution in [3.8, 4) is 0 Å². The molecule has 0 atom stereocenters. The minimum absolute atomic E-state index is 0.209. The van der Waals surface area contributed by atoms with Crippen LogP contribution in [0.3, 0.4) is 0 Å². The summed E-state index contributed by atoms with van der Waals surface area (Å²) in [5.74, 6) is -0.325. The highest BCUT2D eigenvalue weighted by Gasteiger charge is 2.07. The number of fused-ring (bicyclic) bond motifs is 1. The van der Waals surface area contributed by atoms with Gasteiger partial charge in [0.05, 0.1) is 0 Å². The lowest BCUT2D eigenvalue weighted by Crippen LogP contribution is -2.08. The summed E-state index contributed by atoms with van der Waals surface area (Å²) < 4.78 is 5.21. The van der Waals surface area contributed by atoms with E-state index in [0.29, 0.717) is 5.58 Å². The maximum Gasteiger partial charge on any atom is 0.284 e. The molecule has 15 heavy (non-hydrogen) atoms. The molecule has 0 radical (unpaired) electrons. The summed E-state index contributed by atoms with van der Waals surface area (Å²) in [4.78, 5) is 10.8. The van der Waals surface area contributed by atoms with Gasteiger partial charge in [0.25, 0.3) is 5.91 Å². The molecule has 1 amide bonds. The molecule has 0 aliphatic rings. The van der Waals surface area contributed by atoms with E-state index >= 15 is 0 Å². The van der Waals surface area contributed by atoms with Crippen molar-refractivity contribution in [3.05, 3.63) is 35.6 Å². The zero-order valence-electron chi connectivity index (χ0n) is 9.20. The van der Waals surface area contributed by atoms with Crippen LogP contribution in [0.15, 0.2) is 28.7 Å². The fourth-order valence-electron chi connectivity index (χ4n) is 1.28. The van der Waals surface area contributed by atoms with Crippen LogP contribution in [-0.4, -0.2) is 5.91 Å². The fourth-order valence-corrected chi connectivity index (χ4v) is 1.28. The molecule has 0 aliphatic carbocycles. The molecule has 0 unspecified atom stereocenters. The highest BCUT2D eigenvalue weighted by atomic mass is 16.3. The number of nitrogens with two attached hydrogens (primary N) is 1. The first-order valence-corrected chi connectivity index (χ1v) is 4.97. The van der Waals surface area contributed by atoms with Crippen molar-refractivity contribution >= 4 is 16.9 Å². The predicted molar refractivity (Wildman–Crippen MR) is 60.8 cm³/mol. The van der Waals surface area contributed by atoms with E-state index in [2.05, 4.69) is 0 Å². The zero-order valence-corrected chi connectivity index (χ0v) is 9.20. The van der Waals surface area contributed by atoms with Crippen molar-refractivity contribution in [3.63, 3.8) is 0 Å². The van der Waals surface area contributed by atoms with E-state index in [1.165, 1.54) is 0 Å². The van der Waals surface area contributed by atoms with Gasteiger partial charge in [-0.3, -0.25) is 4.79 Å². The minimum atomic E-state index is -0.533. The average molecular weight is 205 g/mol. The quantitative estimate of drug-likeness (QED) is 0.778. The van der Waals surface area contributed by atoms with Gasteiger partial charge >= 0.3 is 0 Å². The minimum Gasteiger partial charge on any atom is -0.451 e. The maximum atomic E-state index is 10.8. The van der Waals surface area contributed by atoms with Crippen LogP contribution in [0, 0.1) is 6.92 Å². The van der Waals surface area contributed by atoms with Gasteiger partial charge in [-0.15, -0.1) is 0 Å². The Hall–Kier alpha value is -1.77. The second-order valence-electron chi connectivity index (χ2n) is 3.02. The molecular weight excluding hydrogens is 190 g/mol. The topological polar surface area (TPSA) is 56.2 Å². The summed E-state index contributed by atoms with van der Waals surface area (Å²) in [6, 6.07) is 7.36. The van der Waals surface area contributed by atoms with Crippen LogP contribution >= 0.6 is 0 Å². The molecular formula is C12H15NO2. The van der Waals surface area contributed by atoms with Gasteiger partial charge in [-0.2, -0.15) is 0 Å². The second-order valence-corrected chi connectivity index (χ2v) is 3.02. The normalized spacial score (nSPS) is 9.53. The van der Waals surface area contributed by atoms with Gasteiger partial charge in [0.1, 0.15) is 5.58 Å². The van der Waals surface area contributed by atoms with Crippen LogP contribution in [0.2, 0.25) is 0 Å². The molecule has 2 rings (SSSR count). The van der Waals surface area contributed by atoms with Crippen LogP contribution in [-0.2, 0) is 0 Å². The monoisotopic (exact) mass is 205 g/mol. The lowest BCUT2D eigenvalue weighted by Gasteiger charge is -1.89. The van der Waals surface area contributed by atoms with Crippen molar-refractivity contribution in [2.45, 2.75) is 20.8 Å². The molecule has 1 aromatic carbocycles. The van der Waals surface area contributed by atoms with Crippen LogP contribution in [0.1, 0.15) is 30.0 Å². The maximum absolute atomic E-state index is 10.8. The molecule has 0 bridgehead atoms. The Morgan fingerprint density at radius 1 is 1.27 bits per heavy atom. The Labute approximate surface area is 88.9 Å². The first-order valence-electron chi connectivity index (χ1n) is 4.97. The summed E-state index contributed by atoms with van der Waals surface area (Å²) in [5, 5.41) is 0.911. The molecule has 1 heterocycles. The van der Waals surface area contributed by atoms with Gasteiger partial charge < -0.3 is 10.2 Å². The highest BCUT2D eigenvalue weighted by molar-refractivity contribution is 5.95. The Balaban J connectivity index is 0.000000531. The Bertz CT molecular complexity index is 471. The third-order valence-corrected chi connectivity index (χ3v) is 1.91. The van der Waals surface area contributed by atoms with Crippen LogP contribution in [0.4, 0.5) is 0 Å². The van der Waals surface area contributed by atoms with E-state index < -0.39 is 5.91 Å². The van der Waals surface area contributed by atoms with Gasteiger partial charge in [0.2, 0.25) is 0 Å². The smallest absolute Gasteiger partial charge is 0.284 e. The molecule has 0 saturated heterocycles.